The molecule has 6 rings (SSSR count). The van der Waals surface area contributed by atoms with Crippen LogP contribution in [-0.4, -0.2) is 44.4 Å². The van der Waals surface area contributed by atoms with Gasteiger partial charge in [0.25, 0.3) is 0 Å². The van der Waals surface area contributed by atoms with Gasteiger partial charge in [-0.05, 0) is 64.4 Å². The minimum absolute atomic E-state index is 0.0654. The van der Waals surface area contributed by atoms with Crippen molar-refractivity contribution < 1.29 is 19.2 Å². The Hall–Kier alpha value is -2.48. The van der Waals surface area contributed by atoms with Gasteiger partial charge in [0.1, 0.15) is 5.76 Å². The van der Waals surface area contributed by atoms with Crippen molar-refractivity contribution in [3.63, 3.8) is 0 Å². The zero-order chi connectivity index (χ0) is 23.2. The normalized spacial score (nSPS) is 27.3. The van der Waals surface area contributed by atoms with Gasteiger partial charge in [-0.15, -0.1) is 0 Å². The average molecular weight is 467 g/mol. The van der Waals surface area contributed by atoms with Crippen LogP contribution in [0.15, 0.2) is 10.6 Å². The highest BCUT2D eigenvalue weighted by Crippen LogP contribution is 2.46. The van der Waals surface area contributed by atoms with E-state index in [1.54, 1.807) is 0 Å². The molecule has 1 N–H and O–H groups in total. The predicted molar refractivity (Wildman–Crippen MR) is 125 cm³/mol. The summed E-state index contributed by atoms with van der Waals surface area (Å²) in [4.78, 5) is 22.7. The molecule has 8 nitrogen and oxygen atoms in total. The fourth-order valence-electron chi connectivity index (χ4n) is 6.41. The lowest BCUT2D eigenvalue weighted by Gasteiger charge is -2.39. The summed E-state index contributed by atoms with van der Waals surface area (Å²) < 4.78 is 12.4. The third-order valence-electron chi connectivity index (χ3n) is 8.23. The fraction of sp³-hybridized carbons (Fsp3) is 0.692. The summed E-state index contributed by atoms with van der Waals surface area (Å²) in [5, 5.41) is 14.0. The van der Waals surface area contributed by atoms with Crippen LogP contribution in [0.1, 0.15) is 116 Å². The summed E-state index contributed by atoms with van der Waals surface area (Å²) in [6, 6.07) is 2.11. The highest BCUT2D eigenvalue weighted by Gasteiger charge is 2.43. The van der Waals surface area contributed by atoms with Crippen LogP contribution >= 0.6 is 0 Å². The fourth-order valence-corrected chi connectivity index (χ4v) is 6.41. The van der Waals surface area contributed by atoms with E-state index in [1.165, 1.54) is 56.6 Å². The first-order valence-corrected chi connectivity index (χ1v) is 13.0. The van der Waals surface area contributed by atoms with Gasteiger partial charge in [-0.3, -0.25) is 0 Å². The molecule has 182 valence electrons. The standard InChI is InChI=1S/C26H34N4O4/c1-15-11-22(25(31)32)28-26(27-15)30-18-9-10-19(30)13-20(12-18)33-14-21-23(16-5-3-2-4-6-16)29-34-24(21)17-7-8-17/h11,16-20H,2-10,12-14H2,1H3,(H,31,32)/t18-,19?,20-/m0/s1. The Morgan fingerprint density at radius 3 is 2.47 bits per heavy atom. The SMILES string of the molecule is Cc1cc(C(=O)O)nc(N2C3CC[C@H]2C[C@H](OCc2c(C4CCCCC4)noc2C2CC2)C3)n1. The minimum atomic E-state index is -1.01. The number of hydrogen-bond donors (Lipinski definition) is 1. The molecule has 1 unspecified atom stereocenters. The number of aromatic nitrogens is 3. The number of ether oxygens (including phenoxy) is 1. The molecule has 2 aliphatic heterocycles. The van der Waals surface area contributed by atoms with Gasteiger partial charge in [-0.25, -0.2) is 14.8 Å². The van der Waals surface area contributed by atoms with Crippen LogP contribution in [-0.2, 0) is 11.3 Å². The molecule has 2 saturated heterocycles. The number of rotatable bonds is 7. The second kappa shape index (κ2) is 8.95. The molecule has 34 heavy (non-hydrogen) atoms. The molecule has 4 heterocycles. The van der Waals surface area contributed by atoms with Crippen LogP contribution in [0, 0.1) is 6.92 Å². The number of hydrogen-bond acceptors (Lipinski definition) is 7. The van der Waals surface area contributed by atoms with Crippen LogP contribution in [0.4, 0.5) is 5.95 Å². The highest BCUT2D eigenvalue weighted by atomic mass is 16.5. The molecule has 2 aliphatic carbocycles. The van der Waals surface area contributed by atoms with E-state index in [9.17, 15) is 9.90 Å². The second-order valence-corrected chi connectivity index (χ2v) is 10.7. The Balaban J connectivity index is 1.16. The van der Waals surface area contributed by atoms with Crippen molar-refractivity contribution in [2.24, 2.45) is 0 Å². The van der Waals surface area contributed by atoms with Gasteiger partial charge < -0.3 is 19.3 Å². The molecule has 2 bridgehead atoms. The zero-order valence-electron chi connectivity index (χ0n) is 19.9. The molecule has 3 atom stereocenters. The summed E-state index contributed by atoms with van der Waals surface area (Å²) in [5.41, 5.74) is 3.15. The van der Waals surface area contributed by atoms with E-state index >= 15 is 0 Å². The third kappa shape index (κ3) is 4.21. The maximum Gasteiger partial charge on any atom is 0.354 e. The quantitative estimate of drug-likeness (QED) is 0.600. The number of aryl methyl sites for hydroxylation is 1. The van der Waals surface area contributed by atoms with Crippen molar-refractivity contribution >= 4 is 11.9 Å². The summed E-state index contributed by atoms with van der Waals surface area (Å²) in [6.07, 6.45) is 12.9. The number of fused-ring (bicyclic) bond motifs is 2. The van der Waals surface area contributed by atoms with E-state index in [-0.39, 0.29) is 23.9 Å². The van der Waals surface area contributed by atoms with Crippen LogP contribution in [0.3, 0.4) is 0 Å². The average Bonchev–Trinajstić information content (AvgIpc) is 3.53. The third-order valence-corrected chi connectivity index (χ3v) is 8.23. The van der Waals surface area contributed by atoms with Gasteiger partial charge in [-0.1, -0.05) is 24.4 Å². The topological polar surface area (TPSA) is 102 Å². The van der Waals surface area contributed by atoms with Gasteiger partial charge in [0.15, 0.2) is 5.69 Å². The Morgan fingerprint density at radius 1 is 1.06 bits per heavy atom. The molecule has 2 aromatic rings. The lowest BCUT2D eigenvalue weighted by Crippen LogP contribution is -2.46. The summed E-state index contributed by atoms with van der Waals surface area (Å²) >= 11 is 0. The smallest absolute Gasteiger partial charge is 0.354 e. The molecule has 4 fully saturated rings. The number of piperidine rings is 1. The summed E-state index contributed by atoms with van der Waals surface area (Å²) in [5.74, 6) is 1.67. The van der Waals surface area contributed by atoms with Crippen LogP contribution in [0.25, 0.3) is 0 Å². The lowest BCUT2D eigenvalue weighted by atomic mass is 9.85. The lowest BCUT2D eigenvalue weighted by molar-refractivity contribution is 0.0138. The first-order valence-electron chi connectivity index (χ1n) is 13.0. The minimum Gasteiger partial charge on any atom is -0.477 e. The van der Waals surface area contributed by atoms with E-state index in [1.807, 2.05) is 6.92 Å². The Kier molecular flexibility index (Phi) is 5.79. The van der Waals surface area contributed by atoms with Crippen LogP contribution in [0.2, 0.25) is 0 Å². The molecule has 0 aromatic carbocycles. The van der Waals surface area contributed by atoms with Crippen molar-refractivity contribution in [2.75, 3.05) is 4.90 Å². The van der Waals surface area contributed by atoms with E-state index in [0.29, 0.717) is 30.1 Å². The maximum absolute atomic E-state index is 11.5. The number of aromatic carboxylic acids is 1. The maximum atomic E-state index is 11.5. The highest BCUT2D eigenvalue weighted by molar-refractivity contribution is 5.85. The van der Waals surface area contributed by atoms with Gasteiger partial charge in [0.05, 0.1) is 18.4 Å². The van der Waals surface area contributed by atoms with E-state index in [0.717, 1.165) is 37.1 Å². The van der Waals surface area contributed by atoms with Crippen molar-refractivity contribution in [2.45, 2.75) is 114 Å². The van der Waals surface area contributed by atoms with E-state index < -0.39 is 5.97 Å². The Bertz CT molecular complexity index is 1050. The van der Waals surface area contributed by atoms with E-state index in [2.05, 4.69) is 20.0 Å². The molecule has 0 radical (unpaired) electrons. The zero-order valence-corrected chi connectivity index (χ0v) is 19.9. The van der Waals surface area contributed by atoms with Crippen LogP contribution in [0.5, 0.6) is 0 Å². The molecule has 4 aliphatic rings. The monoisotopic (exact) mass is 466 g/mol. The summed E-state index contributed by atoms with van der Waals surface area (Å²) in [7, 11) is 0. The van der Waals surface area contributed by atoms with Crippen molar-refractivity contribution in [3.8, 4) is 0 Å². The second-order valence-electron chi connectivity index (χ2n) is 10.7. The molecule has 0 amide bonds. The number of anilines is 1. The van der Waals surface area contributed by atoms with Gasteiger partial charge in [0.2, 0.25) is 5.95 Å². The van der Waals surface area contributed by atoms with Crippen molar-refractivity contribution in [1.29, 1.82) is 0 Å². The number of carboxylic acids is 1. The molecule has 8 heteroatoms. The van der Waals surface area contributed by atoms with Crippen molar-refractivity contribution in [1.82, 2.24) is 15.1 Å². The molecular formula is C26H34N4O4. The number of carbonyl (C=O) groups is 1. The van der Waals surface area contributed by atoms with Gasteiger partial charge >= 0.3 is 5.97 Å². The van der Waals surface area contributed by atoms with Crippen LogP contribution < -0.4 is 4.90 Å². The van der Waals surface area contributed by atoms with Gasteiger partial charge in [0, 0.05) is 35.2 Å². The van der Waals surface area contributed by atoms with Gasteiger partial charge in [-0.2, -0.15) is 0 Å². The first-order chi connectivity index (χ1) is 16.6. The number of carboxylic acid groups (broad SMARTS) is 1. The molecule has 2 saturated carbocycles. The molecular weight excluding hydrogens is 432 g/mol. The van der Waals surface area contributed by atoms with Crippen molar-refractivity contribution in [3.05, 3.63) is 34.5 Å². The molecule has 2 aromatic heterocycles. The number of nitrogens with zero attached hydrogens (tertiary/aromatic N) is 4. The largest absolute Gasteiger partial charge is 0.477 e. The Morgan fingerprint density at radius 2 is 1.79 bits per heavy atom. The predicted octanol–water partition coefficient (Wildman–Crippen LogP) is 5.11. The Labute approximate surface area is 200 Å². The summed E-state index contributed by atoms with van der Waals surface area (Å²) in [6.45, 7) is 2.42. The van der Waals surface area contributed by atoms with E-state index in [4.69, 9.17) is 9.26 Å². The molecule has 0 spiro atoms. The first kappa shape index (κ1) is 22.0.